The number of ketones is 1. The van der Waals surface area contributed by atoms with Gasteiger partial charge in [-0.2, -0.15) is 0 Å². The average Bonchev–Trinajstić information content (AvgIpc) is 3.44. The molecule has 0 radical (unpaired) electrons. The van der Waals surface area contributed by atoms with Gasteiger partial charge < -0.3 is 15.7 Å². The number of rotatable bonds is 5. The van der Waals surface area contributed by atoms with E-state index in [-0.39, 0.29) is 40.0 Å². The van der Waals surface area contributed by atoms with E-state index in [4.69, 9.17) is 23.2 Å². The monoisotopic (exact) mass is 546 g/mol. The third-order valence-corrected chi connectivity index (χ3v) is 8.82. The Morgan fingerprint density at radius 2 is 1.95 bits per heavy atom. The van der Waals surface area contributed by atoms with E-state index in [1.807, 2.05) is 6.07 Å². The van der Waals surface area contributed by atoms with Gasteiger partial charge in [0.25, 0.3) is 0 Å². The Hall–Kier alpha value is -1.99. The number of carbonyl (C=O) groups excluding carboxylic acids is 2. The summed E-state index contributed by atoms with van der Waals surface area (Å²) in [5.74, 6) is -1.72. The van der Waals surface area contributed by atoms with Gasteiger partial charge in [0.1, 0.15) is 11.2 Å². The molecule has 2 fully saturated rings. The van der Waals surface area contributed by atoms with Crippen LogP contribution in [0.4, 0.5) is 10.1 Å². The van der Waals surface area contributed by atoms with Gasteiger partial charge >= 0.3 is 0 Å². The maximum Gasteiger partial charge on any atom is 0.237 e. The molecule has 2 aliphatic heterocycles. The number of amides is 1. The molecular weight excluding hydrogens is 514 g/mol. The molecule has 5 nitrogen and oxygen atoms in total. The van der Waals surface area contributed by atoms with Gasteiger partial charge in [-0.15, -0.1) is 0 Å². The summed E-state index contributed by atoms with van der Waals surface area (Å²) < 4.78 is 15.8. The van der Waals surface area contributed by atoms with Gasteiger partial charge in [-0.25, -0.2) is 4.39 Å². The van der Waals surface area contributed by atoms with Crippen molar-refractivity contribution in [3.63, 3.8) is 0 Å². The SMILES string of the molecule is CC(C)(C)C[C@H]1N[C@@H](C(=O)CC2CC[C@H](O)C2)[C@H](c2cccc(Cl)c2F)[C@@]12C(=O)Nc1cc(Cl)ccc12. The molecule has 2 aromatic carbocycles. The van der Waals surface area contributed by atoms with Gasteiger partial charge in [-0.1, -0.05) is 62.2 Å². The van der Waals surface area contributed by atoms with Crippen molar-refractivity contribution >= 4 is 40.6 Å². The van der Waals surface area contributed by atoms with Gasteiger partial charge in [0, 0.05) is 29.1 Å². The van der Waals surface area contributed by atoms with E-state index in [1.54, 1.807) is 24.3 Å². The zero-order valence-electron chi connectivity index (χ0n) is 21.3. The Balaban J connectivity index is 1.70. The lowest BCUT2D eigenvalue weighted by Gasteiger charge is -2.37. The number of fused-ring (bicyclic) bond motifs is 2. The predicted octanol–water partition coefficient (Wildman–Crippen LogP) is 6.00. The molecule has 0 aromatic heterocycles. The van der Waals surface area contributed by atoms with Crippen LogP contribution in [0.5, 0.6) is 0 Å². The van der Waals surface area contributed by atoms with E-state index in [0.717, 1.165) is 6.42 Å². The second-order valence-corrected chi connectivity index (χ2v) is 12.9. The number of hydrogen-bond donors (Lipinski definition) is 3. The zero-order chi connectivity index (χ0) is 26.7. The van der Waals surface area contributed by atoms with Crippen molar-refractivity contribution in [3.8, 4) is 0 Å². The first kappa shape index (κ1) is 26.6. The van der Waals surface area contributed by atoms with Gasteiger partial charge in [0.05, 0.1) is 17.2 Å². The van der Waals surface area contributed by atoms with Gasteiger partial charge in [0.2, 0.25) is 5.91 Å². The van der Waals surface area contributed by atoms with Gasteiger partial charge in [-0.3, -0.25) is 9.59 Å². The van der Waals surface area contributed by atoms with Crippen molar-refractivity contribution < 1.29 is 19.1 Å². The highest BCUT2D eigenvalue weighted by atomic mass is 35.5. The molecule has 3 aliphatic rings. The summed E-state index contributed by atoms with van der Waals surface area (Å²) in [5, 5.41) is 17.0. The summed E-state index contributed by atoms with van der Waals surface area (Å²) in [5.41, 5.74) is 0.107. The fraction of sp³-hybridized carbons (Fsp3) is 0.517. The first-order valence-electron chi connectivity index (χ1n) is 12.9. The molecule has 1 spiro atoms. The van der Waals surface area contributed by atoms with E-state index < -0.39 is 35.3 Å². The first-order chi connectivity index (χ1) is 17.4. The average molecular weight is 547 g/mol. The molecule has 1 amide bonds. The van der Waals surface area contributed by atoms with Gasteiger partial charge in [0.15, 0.2) is 5.78 Å². The molecule has 6 atom stereocenters. The van der Waals surface area contributed by atoms with E-state index in [2.05, 4.69) is 31.4 Å². The second-order valence-electron chi connectivity index (χ2n) is 12.1. The van der Waals surface area contributed by atoms with Crippen LogP contribution < -0.4 is 10.6 Å². The summed E-state index contributed by atoms with van der Waals surface area (Å²) in [6.45, 7) is 6.26. The van der Waals surface area contributed by atoms with Crippen molar-refractivity contribution in [1.82, 2.24) is 5.32 Å². The van der Waals surface area contributed by atoms with Crippen LogP contribution in [0.3, 0.4) is 0 Å². The molecule has 37 heavy (non-hydrogen) atoms. The third-order valence-electron chi connectivity index (χ3n) is 8.29. The fourth-order valence-corrected chi connectivity index (χ4v) is 7.20. The molecule has 0 bridgehead atoms. The topological polar surface area (TPSA) is 78.4 Å². The highest BCUT2D eigenvalue weighted by Gasteiger charge is 2.66. The van der Waals surface area contributed by atoms with Crippen molar-refractivity contribution in [2.45, 2.75) is 82.4 Å². The number of benzene rings is 2. The minimum Gasteiger partial charge on any atom is -0.393 e. The van der Waals surface area contributed by atoms with Gasteiger partial charge in [-0.05, 0) is 66.3 Å². The lowest BCUT2D eigenvalue weighted by atomic mass is 9.62. The molecule has 3 N–H and O–H groups in total. The van der Waals surface area contributed by atoms with Crippen molar-refractivity contribution in [1.29, 1.82) is 0 Å². The van der Waals surface area contributed by atoms with Crippen molar-refractivity contribution in [2.24, 2.45) is 11.3 Å². The summed E-state index contributed by atoms with van der Waals surface area (Å²) in [6, 6.07) is 8.79. The lowest BCUT2D eigenvalue weighted by Crippen LogP contribution is -2.49. The first-order valence-corrected chi connectivity index (χ1v) is 13.7. The minimum absolute atomic E-state index is 0.0493. The summed E-state index contributed by atoms with van der Waals surface area (Å²) in [6.07, 6.45) is 2.47. The Labute approximate surface area is 227 Å². The standard InChI is InChI=1S/C29H33Cl2FN2O3/c1-28(2,3)14-23-29(19-10-8-16(30)13-21(19)33-27(29)37)24(18-5-4-6-20(31)25(18)32)26(34-23)22(36)12-15-7-9-17(35)11-15/h4-6,8,10,13,15,17,23-24,26,34-35H,7,9,11-12,14H2,1-3H3,(H,33,37)/t15?,17-,23+,24-,26-,29-/m0/s1. The normalized spacial score (nSPS) is 31.1. The van der Waals surface area contributed by atoms with Crippen LogP contribution in [-0.2, 0) is 15.0 Å². The third kappa shape index (κ3) is 4.60. The van der Waals surface area contributed by atoms with Crippen LogP contribution in [0.1, 0.15) is 69.9 Å². The number of Topliss-reactive ketones (excluding diaryl/α,β-unsaturated/α-hetero) is 1. The smallest absolute Gasteiger partial charge is 0.237 e. The molecule has 1 unspecified atom stereocenters. The second kappa shape index (κ2) is 9.64. The fourth-order valence-electron chi connectivity index (χ4n) is 6.85. The van der Waals surface area contributed by atoms with Crippen LogP contribution in [0.2, 0.25) is 10.0 Å². The summed E-state index contributed by atoms with van der Waals surface area (Å²) >= 11 is 12.5. The van der Waals surface area contributed by atoms with Crippen LogP contribution in [0.15, 0.2) is 36.4 Å². The molecule has 2 heterocycles. The van der Waals surface area contributed by atoms with Crippen LogP contribution in [0, 0.1) is 17.2 Å². The molecule has 8 heteroatoms. The van der Waals surface area contributed by atoms with Crippen LogP contribution in [0.25, 0.3) is 0 Å². The largest absolute Gasteiger partial charge is 0.393 e. The molecule has 198 valence electrons. The Bertz CT molecular complexity index is 1250. The molecule has 2 aromatic rings. The van der Waals surface area contributed by atoms with Crippen LogP contribution >= 0.6 is 23.2 Å². The number of halogens is 3. The number of anilines is 1. The van der Waals surface area contributed by atoms with Crippen LogP contribution in [-0.4, -0.2) is 35.0 Å². The molecule has 1 saturated carbocycles. The molecule has 1 saturated heterocycles. The maximum absolute atomic E-state index is 15.8. The number of aliphatic hydroxyl groups excluding tert-OH is 1. The number of carbonyl (C=O) groups is 2. The highest BCUT2D eigenvalue weighted by molar-refractivity contribution is 6.31. The Kier molecular flexibility index (Phi) is 6.93. The van der Waals surface area contributed by atoms with E-state index in [1.165, 1.54) is 6.07 Å². The summed E-state index contributed by atoms with van der Waals surface area (Å²) in [4.78, 5) is 28.1. The Morgan fingerprint density at radius 3 is 2.62 bits per heavy atom. The van der Waals surface area contributed by atoms with E-state index >= 15 is 4.39 Å². The quantitative estimate of drug-likeness (QED) is 0.429. The lowest BCUT2D eigenvalue weighted by molar-refractivity contribution is -0.123. The molecular formula is C29H33Cl2FN2O3. The highest BCUT2D eigenvalue weighted by Crippen LogP contribution is 2.57. The predicted molar refractivity (Wildman–Crippen MR) is 144 cm³/mol. The number of hydrogen-bond acceptors (Lipinski definition) is 4. The Morgan fingerprint density at radius 1 is 1.19 bits per heavy atom. The minimum atomic E-state index is -1.24. The summed E-state index contributed by atoms with van der Waals surface area (Å²) in [7, 11) is 0. The molecule has 5 rings (SSSR count). The maximum atomic E-state index is 15.8. The molecule has 1 aliphatic carbocycles. The van der Waals surface area contributed by atoms with Crippen molar-refractivity contribution in [2.75, 3.05) is 5.32 Å². The number of nitrogens with one attached hydrogen (secondary N) is 2. The van der Waals surface area contributed by atoms with E-state index in [9.17, 15) is 14.7 Å². The van der Waals surface area contributed by atoms with Crippen molar-refractivity contribution in [3.05, 3.63) is 63.4 Å². The van der Waals surface area contributed by atoms with E-state index in [0.29, 0.717) is 35.5 Å². The number of aliphatic hydroxyl groups is 1. The zero-order valence-corrected chi connectivity index (χ0v) is 22.8.